The fraction of sp³-hybridized carbons (Fsp3) is 0.800. The zero-order chi connectivity index (χ0) is 19.9. The van der Waals surface area contributed by atoms with Crippen LogP contribution in [-0.2, 0) is 28.7 Å². The van der Waals surface area contributed by atoms with Crippen molar-refractivity contribution in [2.24, 2.45) is 22.7 Å². The Kier molecular flexibility index (Phi) is 5.64. The van der Waals surface area contributed by atoms with Crippen LogP contribution in [0.25, 0.3) is 0 Å². The number of hydrogen-bond acceptors (Lipinski definition) is 6. The summed E-state index contributed by atoms with van der Waals surface area (Å²) in [5, 5.41) is 0. The minimum Gasteiger partial charge on any atom is -0.462 e. The average molecular weight is 366 g/mol. The summed E-state index contributed by atoms with van der Waals surface area (Å²) in [7, 11) is 0. The second kappa shape index (κ2) is 7.12. The van der Waals surface area contributed by atoms with E-state index in [0.29, 0.717) is 0 Å². The van der Waals surface area contributed by atoms with Gasteiger partial charge in [0.05, 0.1) is 12.8 Å². The third-order valence-electron chi connectivity index (χ3n) is 5.91. The van der Waals surface area contributed by atoms with Gasteiger partial charge in [0, 0.05) is 35.5 Å². The van der Waals surface area contributed by atoms with Crippen molar-refractivity contribution in [1.29, 1.82) is 0 Å². The summed E-state index contributed by atoms with van der Waals surface area (Å²) >= 11 is 0. The highest BCUT2D eigenvalue weighted by molar-refractivity contribution is 5.90. The van der Waals surface area contributed by atoms with E-state index in [1.165, 1.54) is 0 Å². The normalized spacial score (nSPS) is 35.5. The van der Waals surface area contributed by atoms with Gasteiger partial charge < -0.3 is 9.47 Å². The summed E-state index contributed by atoms with van der Waals surface area (Å²) in [5.41, 5.74) is -1.61. The molecule has 4 unspecified atom stereocenters. The molecule has 0 saturated carbocycles. The molecule has 0 aromatic heterocycles. The van der Waals surface area contributed by atoms with Crippen molar-refractivity contribution < 1.29 is 28.7 Å². The first kappa shape index (κ1) is 20.6. The molecule has 0 amide bonds. The van der Waals surface area contributed by atoms with Crippen LogP contribution in [0.5, 0.6) is 0 Å². The van der Waals surface area contributed by atoms with Crippen molar-refractivity contribution >= 4 is 23.5 Å². The van der Waals surface area contributed by atoms with Crippen molar-refractivity contribution in [1.82, 2.24) is 0 Å². The number of cyclic esters (lactones) is 2. The molecule has 0 radical (unpaired) electrons. The van der Waals surface area contributed by atoms with E-state index in [2.05, 4.69) is 0 Å². The Morgan fingerprint density at radius 3 is 1.31 bits per heavy atom. The van der Waals surface area contributed by atoms with E-state index in [-0.39, 0.29) is 49.1 Å². The van der Waals surface area contributed by atoms with Crippen LogP contribution in [0.15, 0.2) is 0 Å². The molecule has 2 heterocycles. The van der Waals surface area contributed by atoms with Crippen LogP contribution in [0.3, 0.4) is 0 Å². The molecular formula is C20H30O6. The first-order chi connectivity index (χ1) is 11.8. The molecule has 146 valence electrons. The van der Waals surface area contributed by atoms with Gasteiger partial charge in [0.1, 0.15) is 23.8 Å². The largest absolute Gasteiger partial charge is 0.462 e. The lowest BCUT2D eigenvalue weighted by Crippen LogP contribution is -2.46. The second-order valence-electron chi connectivity index (χ2n) is 9.09. The van der Waals surface area contributed by atoms with Gasteiger partial charge in [-0.1, -0.05) is 27.7 Å². The number of Topliss-reactive ketones (excluding diaryl/α,β-unsaturated/α-hetero) is 2. The number of ether oxygens (including phenoxy) is 2. The predicted octanol–water partition coefficient (Wildman–Crippen LogP) is 2.86. The zero-order valence-corrected chi connectivity index (χ0v) is 16.6. The molecule has 6 heteroatoms. The molecular weight excluding hydrogens is 336 g/mol. The summed E-state index contributed by atoms with van der Waals surface area (Å²) in [6, 6.07) is 0. The lowest BCUT2D eigenvalue weighted by atomic mass is 9.70. The van der Waals surface area contributed by atoms with Gasteiger partial charge in [-0.15, -0.1) is 0 Å². The average Bonchev–Trinajstić information content (AvgIpc) is 2.46. The van der Waals surface area contributed by atoms with Crippen LogP contribution >= 0.6 is 0 Å². The fourth-order valence-electron chi connectivity index (χ4n) is 3.90. The third-order valence-corrected chi connectivity index (χ3v) is 5.91. The van der Waals surface area contributed by atoms with Crippen LogP contribution in [0.4, 0.5) is 0 Å². The van der Waals surface area contributed by atoms with E-state index in [1.54, 1.807) is 41.5 Å². The molecule has 0 aromatic carbocycles. The monoisotopic (exact) mass is 366 g/mol. The summed E-state index contributed by atoms with van der Waals surface area (Å²) in [5.74, 6) is -1.62. The number of hydrogen-bond donors (Lipinski definition) is 0. The Morgan fingerprint density at radius 2 is 1.00 bits per heavy atom. The Balaban J connectivity index is 2.36. The highest BCUT2D eigenvalue weighted by atomic mass is 16.5. The van der Waals surface area contributed by atoms with Crippen molar-refractivity contribution in [2.45, 2.75) is 79.4 Å². The van der Waals surface area contributed by atoms with Crippen molar-refractivity contribution in [3.63, 3.8) is 0 Å². The van der Waals surface area contributed by atoms with E-state index in [1.807, 2.05) is 0 Å². The minimum atomic E-state index is -0.805. The molecule has 2 fully saturated rings. The predicted molar refractivity (Wildman–Crippen MR) is 94.1 cm³/mol. The van der Waals surface area contributed by atoms with Crippen molar-refractivity contribution in [3.05, 3.63) is 0 Å². The molecule has 2 rings (SSSR count). The van der Waals surface area contributed by atoms with Gasteiger partial charge in [0.2, 0.25) is 0 Å². The van der Waals surface area contributed by atoms with Gasteiger partial charge in [-0.2, -0.15) is 0 Å². The smallest absolute Gasteiger partial charge is 0.307 e. The standard InChI is InChI=1S/C20H30O6/c1-11-13(7-15(21)19(3,4)9-17(23)25-11)14-8-16(22)20(5,6)10-18(24)26-12(14)2/h11-14H,7-10H2,1-6H3. The summed E-state index contributed by atoms with van der Waals surface area (Å²) in [6.45, 7) is 10.4. The first-order valence-electron chi connectivity index (χ1n) is 9.29. The molecule has 4 atom stereocenters. The van der Waals surface area contributed by atoms with E-state index in [0.717, 1.165) is 0 Å². The van der Waals surface area contributed by atoms with E-state index >= 15 is 0 Å². The Hall–Kier alpha value is -1.72. The van der Waals surface area contributed by atoms with Gasteiger partial charge in [-0.05, 0) is 13.8 Å². The van der Waals surface area contributed by atoms with Crippen molar-refractivity contribution in [2.75, 3.05) is 0 Å². The number of ketones is 2. The van der Waals surface area contributed by atoms with Crippen LogP contribution < -0.4 is 0 Å². The van der Waals surface area contributed by atoms with Crippen LogP contribution in [0, 0.1) is 22.7 Å². The molecule has 2 aliphatic heterocycles. The maximum atomic E-state index is 12.8. The molecule has 0 N–H and O–H groups in total. The lowest BCUT2D eigenvalue weighted by Gasteiger charge is -2.40. The highest BCUT2D eigenvalue weighted by Gasteiger charge is 2.46. The Bertz CT molecular complexity index is 564. The summed E-state index contributed by atoms with van der Waals surface area (Å²) in [4.78, 5) is 49.8. The highest BCUT2D eigenvalue weighted by Crippen LogP contribution is 2.39. The number of carbonyl (C=O) groups excluding carboxylic acids is 4. The zero-order valence-electron chi connectivity index (χ0n) is 16.6. The molecule has 0 aromatic rings. The SMILES string of the molecule is CC1OC(=O)CC(C)(C)C(=O)CC1C1CC(=O)C(C)(C)CC(=O)OC1C. The van der Waals surface area contributed by atoms with Gasteiger partial charge in [-0.25, -0.2) is 0 Å². The van der Waals surface area contributed by atoms with Crippen LogP contribution in [0.1, 0.15) is 67.2 Å². The lowest BCUT2D eigenvalue weighted by molar-refractivity contribution is -0.170. The molecule has 26 heavy (non-hydrogen) atoms. The van der Waals surface area contributed by atoms with Crippen LogP contribution in [-0.4, -0.2) is 35.7 Å². The Morgan fingerprint density at radius 1 is 0.692 bits per heavy atom. The van der Waals surface area contributed by atoms with Gasteiger partial charge >= 0.3 is 11.9 Å². The minimum absolute atomic E-state index is 0.0294. The van der Waals surface area contributed by atoms with E-state index in [4.69, 9.17) is 9.47 Å². The summed E-state index contributed by atoms with van der Waals surface area (Å²) < 4.78 is 11.1. The molecule has 6 nitrogen and oxygen atoms in total. The summed E-state index contributed by atoms with van der Waals surface area (Å²) in [6.07, 6.45) is -0.564. The van der Waals surface area contributed by atoms with Crippen LogP contribution in [0.2, 0.25) is 0 Å². The molecule has 0 aliphatic carbocycles. The van der Waals surface area contributed by atoms with Gasteiger partial charge in [0.15, 0.2) is 0 Å². The maximum Gasteiger partial charge on any atom is 0.307 e. The Labute approximate surface area is 155 Å². The van der Waals surface area contributed by atoms with E-state index in [9.17, 15) is 19.2 Å². The fourth-order valence-corrected chi connectivity index (χ4v) is 3.90. The van der Waals surface area contributed by atoms with Gasteiger partial charge in [0.25, 0.3) is 0 Å². The molecule has 0 spiro atoms. The van der Waals surface area contributed by atoms with Gasteiger partial charge in [-0.3, -0.25) is 19.2 Å². The number of rotatable bonds is 1. The quantitative estimate of drug-likeness (QED) is 0.663. The number of esters is 2. The maximum absolute atomic E-state index is 12.8. The molecule has 2 aliphatic rings. The molecule has 2 saturated heterocycles. The van der Waals surface area contributed by atoms with Crippen molar-refractivity contribution in [3.8, 4) is 0 Å². The topological polar surface area (TPSA) is 86.7 Å². The molecule has 0 bridgehead atoms. The first-order valence-corrected chi connectivity index (χ1v) is 9.29. The third kappa shape index (κ3) is 4.33. The second-order valence-corrected chi connectivity index (χ2v) is 9.09. The number of carbonyl (C=O) groups is 4. The van der Waals surface area contributed by atoms with E-state index < -0.39 is 35.0 Å².